The molecule has 0 heterocycles. The van der Waals surface area contributed by atoms with Crippen LogP contribution in [-0.4, -0.2) is 0 Å². The van der Waals surface area contributed by atoms with Gasteiger partial charge in [-0.15, -0.1) is 0 Å². The molecule has 0 heteroatoms. The summed E-state index contributed by atoms with van der Waals surface area (Å²) in [6.07, 6.45) is 1.04. The molecule has 5 aromatic carbocycles. The standard InChI is InChI=1S/C27H18/c1-2-6-19-14-24-15-20(9-10-22(24)13-18(19)5-1)21-11-12-27-25(16-21)17-23-7-3-4-8-26(23)27/h1-16H,17H2. The van der Waals surface area contributed by atoms with Gasteiger partial charge in [-0.25, -0.2) is 0 Å². The van der Waals surface area contributed by atoms with Gasteiger partial charge in [-0.1, -0.05) is 78.9 Å². The van der Waals surface area contributed by atoms with Crippen molar-refractivity contribution in [2.75, 3.05) is 0 Å². The van der Waals surface area contributed by atoms with Gasteiger partial charge in [-0.3, -0.25) is 0 Å². The van der Waals surface area contributed by atoms with Crippen LogP contribution in [-0.2, 0) is 6.42 Å². The largest absolute Gasteiger partial charge is 0.0619 e. The fraction of sp³-hybridized carbons (Fsp3) is 0.0370. The molecule has 0 fully saturated rings. The summed E-state index contributed by atoms with van der Waals surface area (Å²) in [4.78, 5) is 0. The number of fused-ring (bicyclic) bond motifs is 5. The molecule has 0 atom stereocenters. The van der Waals surface area contributed by atoms with Crippen LogP contribution in [0.2, 0.25) is 0 Å². The highest BCUT2D eigenvalue weighted by Gasteiger charge is 2.18. The van der Waals surface area contributed by atoms with Crippen LogP contribution in [0, 0.1) is 0 Å². The van der Waals surface area contributed by atoms with Crippen LogP contribution in [0.15, 0.2) is 97.1 Å². The van der Waals surface area contributed by atoms with Crippen LogP contribution in [0.25, 0.3) is 43.8 Å². The third kappa shape index (κ3) is 2.30. The van der Waals surface area contributed by atoms with Crippen LogP contribution in [0.4, 0.5) is 0 Å². The van der Waals surface area contributed by atoms with Gasteiger partial charge in [0.2, 0.25) is 0 Å². The Morgan fingerprint density at radius 1 is 0.407 bits per heavy atom. The molecule has 0 bridgehead atoms. The van der Waals surface area contributed by atoms with Crippen molar-refractivity contribution in [3.05, 3.63) is 108 Å². The summed E-state index contributed by atoms with van der Waals surface area (Å²) < 4.78 is 0. The average molecular weight is 342 g/mol. The van der Waals surface area contributed by atoms with Gasteiger partial charge in [0.15, 0.2) is 0 Å². The van der Waals surface area contributed by atoms with E-state index in [1.54, 1.807) is 0 Å². The lowest BCUT2D eigenvalue weighted by Gasteiger charge is -2.08. The van der Waals surface area contributed by atoms with Crippen LogP contribution < -0.4 is 0 Å². The van der Waals surface area contributed by atoms with Crippen LogP contribution in [0.3, 0.4) is 0 Å². The van der Waals surface area contributed by atoms with Crippen molar-refractivity contribution in [3.63, 3.8) is 0 Å². The Morgan fingerprint density at radius 3 is 1.93 bits per heavy atom. The van der Waals surface area contributed by atoms with Crippen molar-refractivity contribution in [1.29, 1.82) is 0 Å². The Bertz CT molecular complexity index is 1340. The number of benzene rings is 5. The van der Waals surface area contributed by atoms with Gasteiger partial charge in [0, 0.05) is 0 Å². The van der Waals surface area contributed by atoms with E-state index in [9.17, 15) is 0 Å². The topological polar surface area (TPSA) is 0 Å². The van der Waals surface area contributed by atoms with E-state index in [1.807, 2.05) is 0 Å². The highest BCUT2D eigenvalue weighted by Crippen LogP contribution is 2.39. The van der Waals surface area contributed by atoms with E-state index in [2.05, 4.69) is 97.1 Å². The average Bonchev–Trinajstić information content (AvgIpc) is 3.09. The van der Waals surface area contributed by atoms with E-state index < -0.39 is 0 Å². The third-order valence-corrected chi connectivity index (χ3v) is 5.83. The van der Waals surface area contributed by atoms with Gasteiger partial charge in [-0.2, -0.15) is 0 Å². The Hall–Kier alpha value is -3.38. The molecule has 0 amide bonds. The molecule has 1 aliphatic carbocycles. The molecule has 0 saturated carbocycles. The number of hydrogen-bond acceptors (Lipinski definition) is 0. The zero-order valence-corrected chi connectivity index (χ0v) is 14.9. The summed E-state index contributed by atoms with van der Waals surface area (Å²) in [5, 5.41) is 5.19. The van der Waals surface area contributed by atoms with Crippen LogP contribution >= 0.6 is 0 Å². The first kappa shape index (κ1) is 14.8. The molecule has 0 spiro atoms. The third-order valence-electron chi connectivity index (χ3n) is 5.83. The van der Waals surface area contributed by atoms with Crippen molar-refractivity contribution in [3.8, 4) is 22.3 Å². The van der Waals surface area contributed by atoms with E-state index in [4.69, 9.17) is 0 Å². The number of rotatable bonds is 1. The monoisotopic (exact) mass is 342 g/mol. The molecular formula is C27H18. The maximum Gasteiger partial charge on any atom is -0.00132 e. The highest BCUT2D eigenvalue weighted by atomic mass is 14.2. The van der Waals surface area contributed by atoms with Gasteiger partial charge in [0.1, 0.15) is 0 Å². The molecule has 0 N–H and O–H groups in total. The first-order valence-electron chi connectivity index (χ1n) is 9.49. The first-order chi connectivity index (χ1) is 13.3. The van der Waals surface area contributed by atoms with E-state index in [0.717, 1.165) is 6.42 Å². The Kier molecular flexibility index (Phi) is 3.04. The van der Waals surface area contributed by atoms with Crippen molar-refractivity contribution in [1.82, 2.24) is 0 Å². The molecule has 0 aliphatic heterocycles. The maximum atomic E-state index is 2.37. The Morgan fingerprint density at radius 2 is 1.04 bits per heavy atom. The fourth-order valence-electron chi connectivity index (χ4n) is 4.44. The smallest absolute Gasteiger partial charge is 0.00132 e. The molecule has 0 aromatic heterocycles. The van der Waals surface area contributed by atoms with Crippen molar-refractivity contribution in [2.45, 2.75) is 6.42 Å². The van der Waals surface area contributed by atoms with Crippen molar-refractivity contribution < 1.29 is 0 Å². The van der Waals surface area contributed by atoms with Crippen molar-refractivity contribution >= 4 is 21.5 Å². The lowest BCUT2D eigenvalue weighted by atomic mass is 9.96. The van der Waals surface area contributed by atoms with E-state index >= 15 is 0 Å². The SMILES string of the molecule is c1ccc2c(c1)Cc1cc(-c3ccc4cc5ccccc5cc4c3)ccc1-2. The quantitative estimate of drug-likeness (QED) is 0.276. The molecule has 0 nitrogen and oxygen atoms in total. The molecule has 27 heavy (non-hydrogen) atoms. The predicted molar refractivity (Wildman–Crippen MR) is 115 cm³/mol. The summed E-state index contributed by atoms with van der Waals surface area (Å²) in [7, 11) is 0. The molecule has 0 unspecified atom stereocenters. The molecule has 5 aromatic rings. The molecule has 6 rings (SSSR count). The van der Waals surface area contributed by atoms with Crippen LogP contribution in [0.1, 0.15) is 11.1 Å². The second-order valence-corrected chi connectivity index (χ2v) is 7.47. The second-order valence-electron chi connectivity index (χ2n) is 7.47. The van der Waals surface area contributed by atoms with Gasteiger partial charge >= 0.3 is 0 Å². The number of hydrogen-bond donors (Lipinski definition) is 0. The van der Waals surface area contributed by atoms with Crippen molar-refractivity contribution in [2.24, 2.45) is 0 Å². The summed E-state index contributed by atoms with van der Waals surface area (Å²) in [6, 6.07) is 35.7. The molecule has 1 aliphatic rings. The minimum Gasteiger partial charge on any atom is -0.0619 e. The summed E-state index contributed by atoms with van der Waals surface area (Å²) in [5.41, 5.74) is 8.25. The van der Waals surface area contributed by atoms with Gasteiger partial charge in [-0.05, 0) is 79.5 Å². The van der Waals surface area contributed by atoms with Gasteiger partial charge < -0.3 is 0 Å². The molecule has 0 saturated heterocycles. The van der Waals surface area contributed by atoms with Crippen LogP contribution in [0.5, 0.6) is 0 Å². The Labute approximate surface area is 158 Å². The lowest BCUT2D eigenvalue weighted by Crippen LogP contribution is -1.84. The zero-order chi connectivity index (χ0) is 17.8. The first-order valence-corrected chi connectivity index (χ1v) is 9.49. The molecule has 0 radical (unpaired) electrons. The normalized spacial score (nSPS) is 12.3. The molecular weight excluding hydrogens is 324 g/mol. The summed E-state index contributed by atoms with van der Waals surface area (Å²) >= 11 is 0. The Balaban J connectivity index is 1.48. The highest BCUT2D eigenvalue weighted by molar-refractivity contribution is 5.99. The summed E-state index contributed by atoms with van der Waals surface area (Å²) in [6.45, 7) is 0. The second kappa shape index (κ2) is 5.56. The van der Waals surface area contributed by atoms with E-state index in [1.165, 1.54) is 54.9 Å². The predicted octanol–water partition coefficient (Wildman–Crippen LogP) is 7.23. The molecule has 126 valence electrons. The lowest BCUT2D eigenvalue weighted by molar-refractivity contribution is 1.26. The van der Waals surface area contributed by atoms with E-state index in [-0.39, 0.29) is 0 Å². The summed E-state index contributed by atoms with van der Waals surface area (Å²) in [5.74, 6) is 0. The minimum atomic E-state index is 1.04. The minimum absolute atomic E-state index is 1.04. The van der Waals surface area contributed by atoms with Gasteiger partial charge in [0.05, 0.1) is 0 Å². The van der Waals surface area contributed by atoms with Gasteiger partial charge in [0.25, 0.3) is 0 Å². The fourth-order valence-corrected chi connectivity index (χ4v) is 4.44. The maximum absolute atomic E-state index is 2.37. The zero-order valence-electron chi connectivity index (χ0n) is 14.9. The van der Waals surface area contributed by atoms with E-state index in [0.29, 0.717) is 0 Å².